The van der Waals surface area contributed by atoms with Gasteiger partial charge in [-0.15, -0.1) is 0 Å². The van der Waals surface area contributed by atoms with Crippen molar-refractivity contribution in [3.05, 3.63) is 23.5 Å². The van der Waals surface area contributed by atoms with Crippen molar-refractivity contribution in [1.29, 1.82) is 0 Å². The minimum atomic E-state index is 0.650. The van der Waals surface area contributed by atoms with E-state index >= 15 is 0 Å². The summed E-state index contributed by atoms with van der Waals surface area (Å²) in [6, 6.07) is 2.89. The summed E-state index contributed by atoms with van der Waals surface area (Å²) in [6.07, 6.45) is 3.21. The SMILES string of the molecule is CCCNCc1cnc(C)cc1N1CCN(C(C)C)CC1. The van der Waals surface area contributed by atoms with Gasteiger partial charge in [0.05, 0.1) is 0 Å². The van der Waals surface area contributed by atoms with Crippen LogP contribution in [0.25, 0.3) is 0 Å². The first-order valence-electron chi connectivity index (χ1n) is 8.27. The maximum absolute atomic E-state index is 4.48. The highest BCUT2D eigenvalue weighted by Crippen LogP contribution is 2.23. The molecule has 1 N–H and O–H groups in total. The van der Waals surface area contributed by atoms with Gasteiger partial charge in [-0.3, -0.25) is 9.88 Å². The third-order valence-corrected chi connectivity index (χ3v) is 4.23. The number of aryl methyl sites for hydroxylation is 1. The van der Waals surface area contributed by atoms with Crippen molar-refractivity contribution in [2.75, 3.05) is 37.6 Å². The molecule has 1 aliphatic heterocycles. The molecular formula is C17H30N4. The van der Waals surface area contributed by atoms with Crippen LogP contribution in [0.2, 0.25) is 0 Å². The maximum Gasteiger partial charge on any atom is 0.0446 e. The van der Waals surface area contributed by atoms with Crippen LogP contribution >= 0.6 is 0 Å². The lowest BCUT2D eigenvalue weighted by Gasteiger charge is -2.39. The predicted octanol–water partition coefficient (Wildman–Crippen LogP) is 2.42. The van der Waals surface area contributed by atoms with Crippen molar-refractivity contribution >= 4 is 5.69 Å². The van der Waals surface area contributed by atoms with Gasteiger partial charge in [0.15, 0.2) is 0 Å². The molecule has 1 saturated heterocycles. The Kier molecular flexibility index (Phi) is 6.00. The summed E-state index contributed by atoms with van der Waals surface area (Å²) in [5.74, 6) is 0. The Hall–Kier alpha value is -1.13. The minimum absolute atomic E-state index is 0.650. The lowest BCUT2D eigenvalue weighted by molar-refractivity contribution is 0.209. The Morgan fingerprint density at radius 2 is 1.95 bits per heavy atom. The molecule has 0 atom stereocenters. The molecule has 0 aromatic carbocycles. The standard InChI is InChI=1S/C17H30N4/c1-5-6-18-12-16-13-19-15(4)11-17(16)21-9-7-20(8-10-21)14(2)3/h11,13-14,18H,5-10,12H2,1-4H3. The Balaban J connectivity index is 2.06. The fourth-order valence-electron chi connectivity index (χ4n) is 2.88. The fraction of sp³-hybridized carbons (Fsp3) is 0.706. The third kappa shape index (κ3) is 4.42. The second kappa shape index (κ2) is 7.76. The first-order chi connectivity index (χ1) is 10.1. The largest absolute Gasteiger partial charge is 0.369 e. The molecule has 1 aromatic rings. The molecule has 21 heavy (non-hydrogen) atoms. The molecule has 0 amide bonds. The van der Waals surface area contributed by atoms with Gasteiger partial charge >= 0.3 is 0 Å². The predicted molar refractivity (Wildman–Crippen MR) is 89.9 cm³/mol. The maximum atomic E-state index is 4.48. The van der Waals surface area contributed by atoms with Crippen LogP contribution < -0.4 is 10.2 Å². The minimum Gasteiger partial charge on any atom is -0.369 e. The summed E-state index contributed by atoms with van der Waals surface area (Å²) in [5, 5.41) is 3.50. The van der Waals surface area contributed by atoms with E-state index in [9.17, 15) is 0 Å². The van der Waals surface area contributed by atoms with Gasteiger partial charge in [-0.05, 0) is 39.8 Å². The zero-order chi connectivity index (χ0) is 15.2. The summed E-state index contributed by atoms with van der Waals surface area (Å²) in [7, 11) is 0. The molecule has 0 radical (unpaired) electrons. The number of anilines is 1. The lowest BCUT2D eigenvalue weighted by Crippen LogP contribution is -2.49. The molecule has 4 nitrogen and oxygen atoms in total. The average molecular weight is 290 g/mol. The number of rotatable bonds is 6. The number of hydrogen-bond donors (Lipinski definition) is 1. The van der Waals surface area contributed by atoms with Crippen molar-refractivity contribution in [3.8, 4) is 0 Å². The van der Waals surface area contributed by atoms with E-state index in [1.807, 2.05) is 6.20 Å². The Bertz CT molecular complexity index is 436. The molecule has 2 heterocycles. The van der Waals surface area contributed by atoms with Crippen LogP contribution in [-0.2, 0) is 6.54 Å². The zero-order valence-corrected chi connectivity index (χ0v) is 14.0. The summed E-state index contributed by atoms with van der Waals surface area (Å²) < 4.78 is 0. The normalized spacial score (nSPS) is 16.7. The van der Waals surface area contributed by atoms with Gasteiger partial charge in [0.1, 0.15) is 0 Å². The topological polar surface area (TPSA) is 31.4 Å². The molecule has 0 saturated carbocycles. The van der Waals surface area contributed by atoms with Crippen LogP contribution in [0.15, 0.2) is 12.3 Å². The van der Waals surface area contributed by atoms with Crippen molar-refractivity contribution in [3.63, 3.8) is 0 Å². The van der Waals surface area contributed by atoms with Gasteiger partial charge < -0.3 is 10.2 Å². The smallest absolute Gasteiger partial charge is 0.0446 e. The van der Waals surface area contributed by atoms with Gasteiger partial charge in [-0.25, -0.2) is 0 Å². The highest BCUT2D eigenvalue weighted by Gasteiger charge is 2.20. The van der Waals surface area contributed by atoms with Crippen LogP contribution in [0.3, 0.4) is 0 Å². The number of nitrogens with one attached hydrogen (secondary N) is 1. The number of piperazine rings is 1. The second-order valence-corrected chi connectivity index (χ2v) is 6.25. The van der Waals surface area contributed by atoms with Crippen LogP contribution in [-0.4, -0.2) is 48.6 Å². The average Bonchev–Trinajstić information content (AvgIpc) is 2.49. The summed E-state index contributed by atoms with van der Waals surface area (Å²) >= 11 is 0. The monoisotopic (exact) mass is 290 g/mol. The molecular weight excluding hydrogens is 260 g/mol. The first kappa shape index (κ1) is 16.2. The molecule has 0 unspecified atom stereocenters. The lowest BCUT2D eigenvalue weighted by atomic mass is 10.1. The molecule has 2 rings (SSSR count). The van der Waals surface area contributed by atoms with Crippen LogP contribution in [0.1, 0.15) is 38.4 Å². The third-order valence-electron chi connectivity index (χ3n) is 4.23. The van der Waals surface area contributed by atoms with Gasteiger partial charge in [0, 0.05) is 61.9 Å². The van der Waals surface area contributed by atoms with Crippen LogP contribution in [0, 0.1) is 6.92 Å². The highest BCUT2D eigenvalue weighted by atomic mass is 15.3. The zero-order valence-electron chi connectivity index (χ0n) is 14.0. The van der Waals surface area contributed by atoms with E-state index in [1.54, 1.807) is 0 Å². The van der Waals surface area contributed by atoms with Gasteiger partial charge in [0.25, 0.3) is 0 Å². The molecule has 0 spiro atoms. The quantitative estimate of drug-likeness (QED) is 0.815. The molecule has 1 aromatic heterocycles. The second-order valence-electron chi connectivity index (χ2n) is 6.25. The van der Waals surface area contributed by atoms with E-state index in [4.69, 9.17) is 0 Å². The summed E-state index contributed by atoms with van der Waals surface area (Å²) in [6.45, 7) is 15.4. The molecule has 1 fully saturated rings. The molecule has 0 aliphatic carbocycles. The van der Waals surface area contributed by atoms with Gasteiger partial charge in [-0.2, -0.15) is 0 Å². The summed E-state index contributed by atoms with van der Waals surface area (Å²) in [4.78, 5) is 9.56. The van der Waals surface area contributed by atoms with E-state index in [1.165, 1.54) is 17.7 Å². The highest BCUT2D eigenvalue weighted by molar-refractivity contribution is 5.54. The van der Waals surface area contributed by atoms with Crippen LogP contribution in [0.4, 0.5) is 5.69 Å². The van der Waals surface area contributed by atoms with E-state index in [0.29, 0.717) is 6.04 Å². The van der Waals surface area contributed by atoms with Gasteiger partial charge in [0.2, 0.25) is 0 Å². The molecule has 4 heteroatoms. The Labute approximate surface area is 129 Å². The number of pyridine rings is 1. The Morgan fingerprint density at radius 1 is 1.24 bits per heavy atom. The van der Waals surface area contributed by atoms with E-state index < -0.39 is 0 Å². The molecule has 0 bridgehead atoms. The van der Waals surface area contributed by atoms with Crippen LogP contribution in [0.5, 0.6) is 0 Å². The van der Waals surface area contributed by atoms with Gasteiger partial charge in [-0.1, -0.05) is 6.92 Å². The van der Waals surface area contributed by atoms with E-state index in [0.717, 1.165) is 45.0 Å². The molecule has 118 valence electrons. The number of hydrogen-bond acceptors (Lipinski definition) is 4. The van der Waals surface area contributed by atoms with Crippen molar-refractivity contribution < 1.29 is 0 Å². The number of aromatic nitrogens is 1. The van der Waals surface area contributed by atoms with Crippen molar-refractivity contribution in [2.24, 2.45) is 0 Å². The van der Waals surface area contributed by atoms with E-state index in [2.05, 4.69) is 53.9 Å². The van der Waals surface area contributed by atoms with Crippen molar-refractivity contribution in [1.82, 2.24) is 15.2 Å². The van der Waals surface area contributed by atoms with E-state index in [-0.39, 0.29) is 0 Å². The summed E-state index contributed by atoms with van der Waals surface area (Å²) in [5.41, 5.74) is 3.80. The fourth-order valence-corrected chi connectivity index (χ4v) is 2.88. The molecule has 1 aliphatic rings. The first-order valence-corrected chi connectivity index (χ1v) is 8.27. The Morgan fingerprint density at radius 3 is 2.57 bits per heavy atom. The number of nitrogens with zero attached hydrogens (tertiary/aromatic N) is 3. The van der Waals surface area contributed by atoms with Crippen molar-refractivity contribution in [2.45, 2.75) is 46.7 Å².